The van der Waals surface area contributed by atoms with Crippen LogP contribution in [0.15, 0.2) is 96.6 Å². The van der Waals surface area contributed by atoms with E-state index in [1.165, 1.54) is 6.08 Å². The highest BCUT2D eigenvalue weighted by molar-refractivity contribution is 5.87. The molecule has 2 rings (SSSR count). The molecule has 0 saturated heterocycles. The van der Waals surface area contributed by atoms with Crippen LogP contribution in [0.1, 0.15) is 24.5 Å². The highest BCUT2D eigenvalue weighted by atomic mass is 16.4. The van der Waals surface area contributed by atoms with Crippen molar-refractivity contribution in [2.45, 2.75) is 13.3 Å². The summed E-state index contributed by atoms with van der Waals surface area (Å²) >= 11 is 0. The highest BCUT2D eigenvalue weighted by Gasteiger charge is 2.00. The first-order chi connectivity index (χ1) is 13.2. The molecule has 0 bridgehead atoms. The Bertz CT molecular complexity index is 839. The molecule has 3 nitrogen and oxygen atoms in total. The van der Waals surface area contributed by atoms with E-state index in [9.17, 15) is 4.79 Å². The van der Waals surface area contributed by atoms with E-state index >= 15 is 0 Å². The van der Waals surface area contributed by atoms with Crippen LogP contribution < -0.4 is 0 Å². The van der Waals surface area contributed by atoms with E-state index in [2.05, 4.69) is 0 Å². The molecule has 0 aliphatic rings. The molecule has 1 N–H and O–H groups in total. The summed E-state index contributed by atoms with van der Waals surface area (Å²) in [7, 11) is 0. The van der Waals surface area contributed by atoms with Gasteiger partial charge in [0.15, 0.2) is 0 Å². The van der Waals surface area contributed by atoms with Crippen LogP contribution >= 0.6 is 0 Å². The molecular formula is C24H23NO2. The summed E-state index contributed by atoms with van der Waals surface area (Å²) in [5.74, 6) is -0.852. The quantitative estimate of drug-likeness (QED) is 0.398. The molecule has 0 amide bonds. The summed E-state index contributed by atoms with van der Waals surface area (Å²) in [6.07, 6.45) is 12.8. The monoisotopic (exact) mass is 357 g/mol. The van der Waals surface area contributed by atoms with Gasteiger partial charge in [-0.25, -0.2) is 4.79 Å². The van der Waals surface area contributed by atoms with Gasteiger partial charge in [-0.05, 0) is 17.5 Å². The number of carbonyl (C=O) groups is 1. The van der Waals surface area contributed by atoms with Crippen LogP contribution in [-0.4, -0.2) is 11.1 Å². The summed E-state index contributed by atoms with van der Waals surface area (Å²) in [6, 6.07) is 21.7. The van der Waals surface area contributed by atoms with Crippen molar-refractivity contribution < 1.29 is 9.90 Å². The molecule has 0 aliphatic heterocycles. The Morgan fingerprint density at radius 3 is 1.89 bits per heavy atom. The second kappa shape index (κ2) is 13.6. The zero-order valence-corrected chi connectivity index (χ0v) is 15.3. The van der Waals surface area contributed by atoms with Crippen molar-refractivity contribution in [3.63, 3.8) is 0 Å². The Morgan fingerprint density at radius 2 is 1.44 bits per heavy atom. The third-order valence-electron chi connectivity index (χ3n) is 3.41. The lowest BCUT2D eigenvalue weighted by Crippen LogP contribution is -1.97. The summed E-state index contributed by atoms with van der Waals surface area (Å²) in [4.78, 5) is 10.7. The highest BCUT2D eigenvalue weighted by Crippen LogP contribution is 2.04. The number of nitrogens with zero attached hydrogens (tertiary/aromatic N) is 1. The van der Waals surface area contributed by atoms with Gasteiger partial charge in [0.2, 0.25) is 0 Å². The van der Waals surface area contributed by atoms with Crippen molar-refractivity contribution in [1.82, 2.24) is 0 Å². The molecule has 0 aromatic heterocycles. The van der Waals surface area contributed by atoms with Crippen molar-refractivity contribution >= 4 is 18.1 Å². The molecule has 0 radical (unpaired) electrons. The van der Waals surface area contributed by atoms with E-state index in [0.29, 0.717) is 12.0 Å². The van der Waals surface area contributed by atoms with Gasteiger partial charge in [0.25, 0.3) is 0 Å². The van der Waals surface area contributed by atoms with Gasteiger partial charge >= 0.3 is 5.97 Å². The Kier molecular flexibility index (Phi) is 10.8. The fourth-order valence-electron chi connectivity index (χ4n) is 2.01. The number of carboxylic acids is 1. The maximum Gasteiger partial charge on any atom is 0.331 e. The number of hydrogen-bond acceptors (Lipinski definition) is 2. The van der Waals surface area contributed by atoms with Gasteiger partial charge in [0, 0.05) is 11.6 Å². The zero-order valence-electron chi connectivity index (χ0n) is 15.3. The lowest BCUT2D eigenvalue weighted by atomic mass is 10.1. The van der Waals surface area contributed by atoms with Crippen molar-refractivity contribution in [3.8, 4) is 6.07 Å². The van der Waals surface area contributed by atoms with E-state index in [-0.39, 0.29) is 0 Å². The summed E-state index contributed by atoms with van der Waals surface area (Å²) in [6.45, 7) is 1.83. The number of benzene rings is 2. The fourth-order valence-corrected chi connectivity index (χ4v) is 2.01. The third-order valence-corrected chi connectivity index (χ3v) is 3.41. The average Bonchev–Trinajstić information content (AvgIpc) is 2.70. The molecule has 2 aromatic rings. The van der Waals surface area contributed by atoms with E-state index in [1.54, 1.807) is 18.2 Å². The predicted octanol–water partition coefficient (Wildman–Crippen LogP) is 5.90. The smallest absolute Gasteiger partial charge is 0.331 e. The second-order valence-electron chi connectivity index (χ2n) is 5.38. The number of carboxylic acid groups (broad SMARTS) is 1. The number of aliphatic carboxylic acids is 1. The van der Waals surface area contributed by atoms with Crippen molar-refractivity contribution in [1.29, 1.82) is 5.26 Å². The van der Waals surface area contributed by atoms with Crippen LogP contribution in [0.25, 0.3) is 12.2 Å². The van der Waals surface area contributed by atoms with Crippen LogP contribution in [0, 0.1) is 11.3 Å². The summed E-state index contributed by atoms with van der Waals surface area (Å²) in [5.41, 5.74) is 2.62. The SMILES string of the molecule is CCC(=CC=Cc1ccccc1)C(=O)O.N#CC=CC=Cc1ccccc1. The topological polar surface area (TPSA) is 61.1 Å². The van der Waals surface area contributed by atoms with Crippen LogP contribution in [0.4, 0.5) is 0 Å². The second-order valence-corrected chi connectivity index (χ2v) is 5.38. The minimum atomic E-state index is -0.852. The largest absolute Gasteiger partial charge is 0.478 e. The Hall–Kier alpha value is -3.64. The van der Waals surface area contributed by atoms with Gasteiger partial charge in [-0.2, -0.15) is 5.26 Å². The lowest BCUT2D eigenvalue weighted by molar-refractivity contribution is -0.132. The predicted molar refractivity (Wildman–Crippen MR) is 112 cm³/mol. The zero-order chi connectivity index (χ0) is 19.7. The van der Waals surface area contributed by atoms with Crippen LogP contribution in [0.5, 0.6) is 0 Å². The Morgan fingerprint density at radius 1 is 0.926 bits per heavy atom. The Balaban J connectivity index is 0.000000277. The maximum absolute atomic E-state index is 10.7. The fraction of sp³-hybridized carbons (Fsp3) is 0.0833. The van der Waals surface area contributed by atoms with Gasteiger partial charge in [-0.3, -0.25) is 0 Å². The first kappa shape index (κ1) is 21.4. The molecule has 0 saturated carbocycles. The molecule has 0 heterocycles. The van der Waals surface area contributed by atoms with Gasteiger partial charge in [0.1, 0.15) is 0 Å². The standard InChI is InChI=1S/C13H14O2.C11H9N/c1-2-12(13(14)15)10-6-9-11-7-4-3-5-8-11;12-10-6-2-5-9-11-7-3-1-4-8-11/h3-10H,2H2,1H3,(H,14,15);1-9H. The molecule has 2 aromatic carbocycles. The molecule has 0 aliphatic carbocycles. The molecule has 3 heteroatoms. The maximum atomic E-state index is 10.7. The minimum absolute atomic E-state index is 0.419. The van der Waals surface area contributed by atoms with Crippen LogP contribution in [0.2, 0.25) is 0 Å². The van der Waals surface area contributed by atoms with Crippen molar-refractivity contribution in [2.24, 2.45) is 0 Å². The Labute approximate surface area is 160 Å². The normalized spacial score (nSPS) is 11.3. The first-order valence-corrected chi connectivity index (χ1v) is 8.60. The minimum Gasteiger partial charge on any atom is -0.478 e. The van der Waals surface area contributed by atoms with E-state index in [0.717, 1.165) is 11.1 Å². The first-order valence-electron chi connectivity index (χ1n) is 8.60. The summed E-state index contributed by atoms with van der Waals surface area (Å²) < 4.78 is 0. The number of allylic oxidation sites excluding steroid dienone is 5. The number of hydrogen-bond donors (Lipinski definition) is 1. The van der Waals surface area contributed by atoms with Crippen molar-refractivity contribution in [2.75, 3.05) is 0 Å². The molecule has 27 heavy (non-hydrogen) atoms. The molecule has 136 valence electrons. The lowest BCUT2D eigenvalue weighted by Gasteiger charge is -1.94. The number of nitriles is 1. The molecule has 0 spiro atoms. The molecule has 0 atom stereocenters. The van der Waals surface area contributed by atoms with Gasteiger partial charge in [-0.1, -0.05) is 104 Å². The van der Waals surface area contributed by atoms with E-state index in [4.69, 9.17) is 10.4 Å². The number of rotatable bonds is 6. The van der Waals surface area contributed by atoms with Gasteiger partial charge in [-0.15, -0.1) is 0 Å². The van der Waals surface area contributed by atoms with Gasteiger partial charge < -0.3 is 5.11 Å². The van der Waals surface area contributed by atoms with Crippen molar-refractivity contribution in [3.05, 3.63) is 108 Å². The van der Waals surface area contributed by atoms with Gasteiger partial charge in [0.05, 0.1) is 6.07 Å². The van der Waals surface area contributed by atoms with Crippen LogP contribution in [-0.2, 0) is 4.79 Å². The average molecular weight is 357 g/mol. The summed E-state index contributed by atoms with van der Waals surface area (Å²) in [5, 5.41) is 17.0. The van der Waals surface area contributed by atoms with Crippen LogP contribution in [0.3, 0.4) is 0 Å². The third kappa shape index (κ3) is 10.1. The molecular weight excluding hydrogens is 334 g/mol. The van der Waals surface area contributed by atoms with E-state index in [1.807, 2.05) is 91.9 Å². The molecule has 0 unspecified atom stereocenters. The van der Waals surface area contributed by atoms with E-state index < -0.39 is 5.97 Å². The molecule has 0 fully saturated rings.